The zero-order chi connectivity index (χ0) is 25.9. The van der Waals surface area contributed by atoms with Gasteiger partial charge in [0.1, 0.15) is 23.1 Å². The quantitative estimate of drug-likeness (QED) is 0.212. The van der Waals surface area contributed by atoms with Crippen molar-refractivity contribution in [1.29, 1.82) is 5.26 Å². The van der Waals surface area contributed by atoms with Gasteiger partial charge in [-0.3, -0.25) is 4.79 Å². The first kappa shape index (κ1) is 26.7. The molecule has 3 aromatic rings. The largest absolute Gasteiger partial charge is 0.493 e. The van der Waals surface area contributed by atoms with E-state index < -0.39 is 5.91 Å². The fourth-order valence-electron chi connectivity index (χ4n) is 3.61. The molecule has 0 spiro atoms. The fourth-order valence-corrected chi connectivity index (χ4v) is 3.61. The monoisotopic (exact) mass is 486 g/mol. The predicted octanol–water partition coefficient (Wildman–Crippen LogP) is 5.33. The molecule has 36 heavy (non-hydrogen) atoms. The van der Waals surface area contributed by atoms with Crippen LogP contribution in [0.5, 0.6) is 5.75 Å². The molecule has 188 valence electrons. The number of ether oxygens (including phenoxy) is 2. The van der Waals surface area contributed by atoms with Crippen LogP contribution < -0.4 is 10.1 Å². The molecule has 0 saturated carbocycles. The third-order valence-electron chi connectivity index (χ3n) is 5.64. The number of carbonyl (C=O) groups excluding carboxylic acids is 1. The smallest absolute Gasteiger partial charge is 0.261 e. The van der Waals surface area contributed by atoms with E-state index in [9.17, 15) is 10.1 Å². The lowest BCUT2D eigenvalue weighted by Gasteiger charge is -2.11. The van der Waals surface area contributed by atoms with Crippen LogP contribution in [0.4, 0.5) is 0 Å². The molecule has 0 radical (unpaired) electrons. The van der Waals surface area contributed by atoms with E-state index in [0.29, 0.717) is 43.4 Å². The molecule has 7 nitrogen and oxygen atoms in total. The number of benzene rings is 2. The van der Waals surface area contributed by atoms with E-state index in [1.807, 2.05) is 67.7 Å². The minimum atomic E-state index is -0.419. The van der Waals surface area contributed by atoms with E-state index in [2.05, 4.69) is 19.2 Å². The molecule has 1 N–H and O–H groups in total. The Morgan fingerprint density at radius 2 is 1.97 bits per heavy atom. The molecule has 1 aromatic heterocycles. The van der Waals surface area contributed by atoms with Crippen LogP contribution in [-0.4, -0.2) is 42.6 Å². The number of nitrogens with zero attached hydrogens (tertiary/aromatic N) is 3. The molecule has 0 aliphatic carbocycles. The lowest BCUT2D eigenvalue weighted by atomic mass is 10.0. The predicted molar refractivity (Wildman–Crippen MR) is 142 cm³/mol. The SMILES string of the molecule is COCCCNC(=O)/C(C#N)=C/c1cn(-c2ccccc2)nc1-c1ccc(OCCC(C)C)c(C)c1. The summed E-state index contributed by atoms with van der Waals surface area (Å²) in [7, 11) is 1.61. The minimum absolute atomic E-state index is 0.0200. The van der Waals surface area contributed by atoms with E-state index >= 15 is 0 Å². The number of amides is 1. The number of rotatable bonds is 12. The van der Waals surface area contributed by atoms with Crippen LogP contribution in [0.1, 0.15) is 37.8 Å². The van der Waals surface area contributed by atoms with E-state index in [4.69, 9.17) is 14.6 Å². The highest BCUT2D eigenvalue weighted by Crippen LogP contribution is 2.30. The molecular weight excluding hydrogens is 452 g/mol. The topological polar surface area (TPSA) is 89.2 Å². The van der Waals surface area contributed by atoms with Gasteiger partial charge in [0.25, 0.3) is 5.91 Å². The summed E-state index contributed by atoms with van der Waals surface area (Å²) in [4.78, 5) is 12.6. The average Bonchev–Trinajstić information content (AvgIpc) is 3.30. The molecule has 0 bridgehead atoms. The number of carbonyl (C=O) groups is 1. The van der Waals surface area contributed by atoms with Crippen LogP contribution in [0, 0.1) is 24.2 Å². The molecule has 0 unspecified atom stereocenters. The van der Waals surface area contributed by atoms with Crippen LogP contribution in [-0.2, 0) is 9.53 Å². The first-order chi connectivity index (χ1) is 17.4. The van der Waals surface area contributed by atoms with Crippen molar-refractivity contribution in [1.82, 2.24) is 15.1 Å². The molecule has 0 aliphatic heterocycles. The Morgan fingerprint density at radius 3 is 2.64 bits per heavy atom. The van der Waals surface area contributed by atoms with Gasteiger partial charge in [-0.05, 0) is 67.7 Å². The van der Waals surface area contributed by atoms with Crippen molar-refractivity contribution in [2.75, 3.05) is 26.9 Å². The zero-order valence-electron chi connectivity index (χ0n) is 21.5. The van der Waals surface area contributed by atoms with Crippen LogP contribution >= 0.6 is 0 Å². The van der Waals surface area contributed by atoms with Gasteiger partial charge >= 0.3 is 0 Å². The number of nitriles is 1. The normalized spacial score (nSPS) is 11.4. The number of methoxy groups -OCH3 is 1. The first-order valence-corrected chi connectivity index (χ1v) is 12.2. The third-order valence-corrected chi connectivity index (χ3v) is 5.64. The second-order valence-electron chi connectivity index (χ2n) is 9.00. The van der Waals surface area contributed by atoms with Crippen molar-refractivity contribution in [3.05, 3.63) is 71.4 Å². The second-order valence-corrected chi connectivity index (χ2v) is 9.00. The molecule has 0 fully saturated rings. The van der Waals surface area contributed by atoms with Gasteiger partial charge in [0, 0.05) is 37.6 Å². The molecule has 1 amide bonds. The van der Waals surface area contributed by atoms with Gasteiger partial charge in [0.2, 0.25) is 0 Å². The summed E-state index contributed by atoms with van der Waals surface area (Å²) in [6, 6.07) is 17.7. The van der Waals surface area contributed by atoms with Crippen molar-refractivity contribution in [3.8, 4) is 28.8 Å². The highest BCUT2D eigenvalue weighted by Gasteiger charge is 2.16. The molecule has 0 atom stereocenters. The molecule has 1 heterocycles. The van der Waals surface area contributed by atoms with E-state index in [1.54, 1.807) is 17.9 Å². The highest BCUT2D eigenvalue weighted by atomic mass is 16.5. The zero-order valence-corrected chi connectivity index (χ0v) is 21.5. The molecule has 0 saturated heterocycles. The molecule has 0 aliphatic rings. The standard InChI is InChI=1S/C29H34N4O3/c1-21(2)13-16-36-27-12-11-23(17-22(27)3)28-25(20-33(32-28)26-9-6-5-7-10-26)18-24(19-30)29(34)31-14-8-15-35-4/h5-7,9-12,17-18,20-21H,8,13-16H2,1-4H3,(H,31,34)/b24-18+. The summed E-state index contributed by atoms with van der Waals surface area (Å²) in [6.07, 6.45) is 5.09. The number of hydrogen-bond donors (Lipinski definition) is 1. The van der Waals surface area contributed by atoms with Crippen molar-refractivity contribution in [2.24, 2.45) is 5.92 Å². The Morgan fingerprint density at radius 1 is 1.19 bits per heavy atom. The Hall–Kier alpha value is -3.89. The number of aromatic nitrogens is 2. The summed E-state index contributed by atoms with van der Waals surface area (Å²) in [5.74, 6) is 0.997. The molecule has 7 heteroatoms. The molecule has 2 aromatic carbocycles. The summed E-state index contributed by atoms with van der Waals surface area (Å²) in [5.41, 5.74) is 4.13. The van der Waals surface area contributed by atoms with Crippen molar-refractivity contribution in [2.45, 2.75) is 33.6 Å². The van der Waals surface area contributed by atoms with Gasteiger partial charge in [-0.2, -0.15) is 10.4 Å². The Balaban J connectivity index is 1.95. The maximum absolute atomic E-state index is 12.6. The van der Waals surface area contributed by atoms with Crippen molar-refractivity contribution in [3.63, 3.8) is 0 Å². The first-order valence-electron chi connectivity index (χ1n) is 12.2. The number of hydrogen-bond acceptors (Lipinski definition) is 5. The lowest BCUT2D eigenvalue weighted by molar-refractivity contribution is -0.117. The van der Waals surface area contributed by atoms with E-state index in [-0.39, 0.29) is 5.57 Å². The van der Waals surface area contributed by atoms with Gasteiger partial charge in [0.15, 0.2) is 0 Å². The fraction of sp³-hybridized carbons (Fsp3) is 0.345. The highest BCUT2D eigenvalue weighted by molar-refractivity contribution is 6.02. The summed E-state index contributed by atoms with van der Waals surface area (Å²) < 4.78 is 12.7. The number of para-hydroxylation sites is 1. The van der Waals surface area contributed by atoms with Gasteiger partial charge in [-0.25, -0.2) is 4.68 Å². The van der Waals surface area contributed by atoms with Gasteiger partial charge in [-0.15, -0.1) is 0 Å². The Bertz CT molecular complexity index is 1220. The van der Waals surface area contributed by atoms with E-state index in [1.165, 1.54) is 0 Å². The third kappa shape index (κ3) is 7.30. The number of nitrogens with one attached hydrogen (secondary N) is 1. The van der Waals surface area contributed by atoms with Crippen molar-refractivity contribution < 1.29 is 14.3 Å². The maximum Gasteiger partial charge on any atom is 0.261 e. The average molecular weight is 487 g/mol. The van der Waals surface area contributed by atoms with Gasteiger partial charge in [-0.1, -0.05) is 32.0 Å². The van der Waals surface area contributed by atoms with Crippen LogP contribution in [0.3, 0.4) is 0 Å². The Labute approximate surface area is 213 Å². The Kier molecular flexibility index (Phi) is 9.84. The van der Waals surface area contributed by atoms with Gasteiger partial charge in [0.05, 0.1) is 12.3 Å². The lowest BCUT2D eigenvalue weighted by Crippen LogP contribution is -2.26. The van der Waals surface area contributed by atoms with Crippen molar-refractivity contribution >= 4 is 12.0 Å². The van der Waals surface area contributed by atoms with Crippen LogP contribution in [0.25, 0.3) is 23.0 Å². The molecule has 3 rings (SSSR count). The van der Waals surface area contributed by atoms with E-state index in [0.717, 1.165) is 29.0 Å². The summed E-state index contributed by atoms with van der Waals surface area (Å²) >= 11 is 0. The van der Waals surface area contributed by atoms with Crippen LogP contribution in [0.15, 0.2) is 60.3 Å². The molecular formula is C29H34N4O3. The summed E-state index contributed by atoms with van der Waals surface area (Å²) in [5, 5.41) is 17.3. The number of aryl methyl sites for hydroxylation is 1. The summed E-state index contributed by atoms with van der Waals surface area (Å²) in [6.45, 7) is 7.99. The maximum atomic E-state index is 12.6. The minimum Gasteiger partial charge on any atom is -0.493 e. The van der Waals surface area contributed by atoms with Crippen LogP contribution in [0.2, 0.25) is 0 Å². The van der Waals surface area contributed by atoms with Gasteiger partial charge < -0.3 is 14.8 Å². The second kappa shape index (κ2) is 13.3.